The molecule has 3 N–H and O–H groups in total. The molecule has 0 heterocycles. The largest absolute Gasteiger partial charge is 0.372 e. The van der Waals surface area contributed by atoms with Gasteiger partial charge in [-0.1, -0.05) is 25.5 Å². The second kappa shape index (κ2) is 6.90. The van der Waals surface area contributed by atoms with Crippen molar-refractivity contribution in [3.05, 3.63) is 11.6 Å². The van der Waals surface area contributed by atoms with Crippen LogP contribution < -0.4 is 11.1 Å². The van der Waals surface area contributed by atoms with Gasteiger partial charge in [0.2, 0.25) is 5.91 Å². The van der Waals surface area contributed by atoms with E-state index in [1.807, 2.05) is 6.08 Å². The van der Waals surface area contributed by atoms with E-state index in [0.29, 0.717) is 0 Å². The molecule has 0 bridgehead atoms. The first-order chi connectivity index (χ1) is 8.47. The number of hydrogen-bond acceptors (Lipinski definition) is 3. The van der Waals surface area contributed by atoms with Crippen molar-refractivity contribution in [2.24, 2.45) is 5.73 Å². The molecule has 104 valence electrons. The van der Waals surface area contributed by atoms with Gasteiger partial charge >= 0.3 is 0 Å². The molecule has 0 fully saturated rings. The van der Waals surface area contributed by atoms with Crippen LogP contribution in [0.4, 0.5) is 0 Å². The Morgan fingerprint density at radius 1 is 1.56 bits per heavy atom. The van der Waals surface area contributed by atoms with Crippen LogP contribution in [-0.2, 0) is 9.53 Å². The molecule has 0 spiro atoms. The predicted molar refractivity (Wildman–Crippen MR) is 73.2 cm³/mol. The van der Waals surface area contributed by atoms with Crippen molar-refractivity contribution < 1.29 is 9.53 Å². The van der Waals surface area contributed by atoms with E-state index < -0.39 is 0 Å². The Morgan fingerprint density at radius 2 is 2.17 bits per heavy atom. The van der Waals surface area contributed by atoms with E-state index in [9.17, 15) is 4.79 Å². The number of carbonyl (C=O) groups excluding carboxylic acids is 1. The standard InChI is InChI=1S/C14H26N2O2/c1-5-11(6-2)18-13-8-9(3)7-12(15)14(13)16-10(4)17/h7,11-14H,5-6,8,15H2,1-4H3,(H,16,17)/t12-,13+,14+/m0/s1. The summed E-state index contributed by atoms with van der Waals surface area (Å²) in [5.74, 6) is -0.0541. The fourth-order valence-corrected chi connectivity index (χ4v) is 2.48. The zero-order valence-electron chi connectivity index (χ0n) is 11.9. The Morgan fingerprint density at radius 3 is 2.67 bits per heavy atom. The zero-order valence-corrected chi connectivity index (χ0v) is 11.9. The quantitative estimate of drug-likeness (QED) is 0.735. The number of carbonyl (C=O) groups is 1. The summed E-state index contributed by atoms with van der Waals surface area (Å²) in [6, 6.07) is -0.284. The summed E-state index contributed by atoms with van der Waals surface area (Å²) in [5.41, 5.74) is 7.33. The lowest BCUT2D eigenvalue weighted by Crippen LogP contribution is -2.56. The molecular weight excluding hydrogens is 228 g/mol. The highest BCUT2D eigenvalue weighted by Crippen LogP contribution is 2.23. The summed E-state index contributed by atoms with van der Waals surface area (Å²) in [5, 5.41) is 2.92. The van der Waals surface area contributed by atoms with E-state index in [1.165, 1.54) is 12.5 Å². The van der Waals surface area contributed by atoms with Crippen molar-refractivity contribution in [2.75, 3.05) is 0 Å². The molecule has 1 amide bonds. The number of amides is 1. The highest BCUT2D eigenvalue weighted by Gasteiger charge is 2.32. The zero-order chi connectivity index (χ0) is 13.7. The van der Waals surface area contributed by atoms with Gasteiger partial charge in [-0.05, 0) is 26.2 Å². The van der Waals surface area contributed by atoms with Gasteiger partial charge in [0.05, 0.1) is 18.2 Å². The summed E-state index contributed by atoms with van der Waals surface area (Å²) in [7, 11) is 0. The third-order valence-corrected chi connectivity index (χ3v) is 3.46. The van der Waals surface area contributed by atoms with Crippen LogP contribution in [0.2, 0.25) is 0 Å². The van der Waals surface area contributed by atoms with E-state index in [0.717, 1.165) is 19.3 Å². The molecule has 0 aromatic carbocycles. The maximum atomic E-state index is 11.3. The van der Waals surface area contributed by atoms with Crippen molar-refractivity contribution in [3.63, 3.8) is 0 Å². The molecule has 0 saturated carbocycles. The molecule has 1 aliphatic carbocycles. The minimum Gasteiger partial charge on any atom is -0.372 e. The van der Waals surface area contributed by atoms with Gasteiger partial charge < -0.3 is 15.8 Å². The average Bonchev–Trinajstić information content (AvgIpc) is 2.29. The van der Waals surface area contributed by atoms with Crippen LogP contribution in [-0.4, -0.2) is 30.2 Å². The van der Waals surface area contributed by atoms with Crippen molar-refractivity contribution in [2.45, 2.75) is 71.2 Å². The van der Waals surface area contributed by atoms with Crippen molar-refractivity contribution >= 4 is 5.91 Å². The first-order valence-corrected chi connectivity index (χ1v) is 6.83. The van der Waals surface area contributed by atoms with Gasteiger partial charge in [-0.25, -0.2) is 0 Å². The van der Waals surface area contributed by atoms with Gasteiger partial charge in [0, 0.05) is 13.0 Å². The van der Waals surface area contributed by atoms with E-state index >= 15 is 0 Å². The number of nitrogens with one attached hydrogen (secondary N) is 1. The lowest BCUT2D eigenvalue weighted by molar-refractivity contribution is -0.122. The van der Waals surface area contributed by atoms with Crippen molar-refractivity contribution in [3.8, 4) is 0 Å². The Hall–Kier alpha value is -0.870. The molecule has 0 saturated heterocycles. The van der Waals surface area contributed by atoms with Crippen LogP contribution in [0.25, 0.3) is 0 Å². The lowest BCUT2D eigenvalue weighted by atomic mass is 9.89. The molecule has 0 aromatic heterocycles. The lowest BCUT2D eigenvalue weighted by Gasteiger charge is -2.37. The van der Waals surface area contributed by atoms with Crippen LogP contribution in [0.15, 0.2) is 11.6 Å². The molecular formula is C14H26N2O2. The fourth-order valence-electron chi connectivity index (χ4n) is 2.48. The van der Waals surface area contributed by atoms with Gasteiger partial charge in [0.25, 0.3) is 0 Å². The van der Waals surface area contributed by atoms with Crippen LogP contribution in [0.3, 0.4) is 0 Å². The van der Waals surface area contributed by atoms with Crippen LogP contribution >= 0.6 is 0 Å². The molecule has 1 aliphatic rings. The van der Waals surface area contributed by atoms with Gasteiger partial charge in [-0.3, -0.25) is 4.79 Å². The Labute approximate surface area is 110 Å². The van der Waals surface area contributed by atoms with E-state index in [4.69, 9.17) is 10.5 Å². The maximum absolute atomic E-state index is 11.3. The van der Waals surface area contributed by atoms with E-state index in [-0.39, 0.29) is 30.2 Å². The monoisotopic (exact) mass is 254 g/mol. The normalized spacial score (nSPS) is 28.1. The Kier molecular flexibility index (Phi) is 5.82. The highest BCUT2D eigenvalue weighted by atomic mass is 16.5. The summed E-state index contributed by atoms with van der Waals surface area (Å²) in [4.78, 5) is 11.3. The SMILES string of the molecule is CCC(CC)O[C@@H]1CC(C)=C[C@H](N)[C@H]1NC(C)=O. The Balaban J connectivity index is 2.77. The maximum Gasteiger partial charge on any atom is 0.217 e. The first-order valence-electron chi connectivity index (χ1n) is 6.83. The summed E-state index contributed by atoms with van der Waals surface area (Å²) in [6.07, 6.45) is 5.06. The van der Waals surface area contributed by atoms with Gasteiger partial charge in [0.15, 0.2) is 0 Å². The second-order valence-electron chi connectivity index (χ2n) is 5.13. The summed E-state index contributed by atoms with van der Waals surface area (Å²) < 4.78 is 6.11. The molecule has 3 atom stereocenters. The van der Waals surface area contributed by atoms with Crippen molar-refractivity contribution in [1.29, 1.82) is 0 Å². The third kappa shape index (κ3) is 4.10. The number of ether oxygens (including phenoxy) is 1. The minimum absolute atomic E-state index is 0.0150. The van der Waals surface area contributed by atoms with Crippen molar-refractivity contribution in [1.82, 2.24) is 5.32 Å². The smallest absolute Gasteiger partial charge is 0.217 e. The molecule has 0 aliphatic heterocycles. The van der Waals surface area contributed by atoms with E-state index in [2.05, 4.69) is 26.1 Å². The van der Waals surface area contributed by atoms with Crippen LogP contribution in [0.5, 0.6) is 0 Å². The molecule has 4 nitrogen and oxygen atoms in total. The number of hydrogen-bond donors (Lipinski definition) is 2. The molecule has 1 rings (SSSR count). The predicted octanol–water partition coefficient (Wildman–Crippen LogP) is 1.74. The third-order valence-electron chi connectivity index (χ3n) is 3.46. The minimum atomic E-state index is -0.165. The Bertz CT molecular complexity index is 311. The highest BCUT2D eigenvalue weighted by molar-refractivity contribution is 5.73. The fraction of sp³-hybridized carbons (Fsp3) is 0.786. The molecule has 0 aromatic rings. The number of nitrogens with two attached hydrogens (primary N) is 1. The van der Waals surface area contributed by atoms with Crippen LogP contribution in [0.1, 0.15) is 47.0 Å². The first kappa shape index (κ1) is 15.2. The molecule has 0 unspecified atom stereocenters. The molecule has 0 radical (unpaired) electrons. The second-order valence-corrected chi connectivity index (χ2v) is 5.13. The van der Waals surface area contributed by atoms with Gasteiger partial charge in [0.1, 0.15) is 0 Å². The summed E-state index contributed by atoms with van der Waals surface area (Å²) >= 11 is 0. The topological polar surface area (TPSA) is 64.3 Å². The van der Waals surface area contributed by atoms with Gasteiger partial charge in [-0.2, -0.15) is 0 Å². The molecule has 4 heteroatoms. The van der Waals surface area contributed by atoms with Gasteiger partial charge in [-0.15, -0.1) is 0 Å². The molecule has 18 heavy (non-hydrogen) atoms. The number of rotatable bonds is 5. The van der Waals surface area contributed by atoms with Crippen LogP contribution in [0, 0.1) is 0 Å². The van der Waals surface area contributed by atoms with E-state index in [1.54, 1.807) is 0 Å². The average molecular weight is 254 g/mol. The summed E-state index contributed by atoms with van der Waals surface area (Å²) in [6.45, 7) is 7.82.